The molecule has 0 saturated carbocycles. The van der Waals surface area contributed by atoms with Crippen LogP contribution in [0.1, 0.15) is 32.8 Å². The lowest BCUT2D eigenvalue weighted by Crippen LogP contribution is -2.32. The number of nitrogens with one attached hydrogen (secondary N) is 2. The molecule has 29 heavy (non-hydrogen) atoms. The van der Waals surface area contributed by atoms with Crippen molar-refractivity contribution in [1.29, 1.82) is 0 Å². The van der Waals surface area contributed by atoms with Crippen LogP contribution in [0.2, 0.25) is 0 Å². The van der Waals surface area contributed by atoms with Crippen LogP contribution in [-0.4, -0.2) is 44.9 Å². The number of carbonyl (C=O) groups excluding carboxylic acids is 1. The molecule has 11 nitrogen and oxygen atoms in total. The summed E-state index contributed by atoms with van der Waals surface area (Å²) in [7, 11) is 0. The average molecular weight is 407 g/mol. The molecule has 0 aliphatic rings. The maximum Gasteiger partial charge on any atom is 0.407 e. The SMILES string of the molecule is CC(C)(C)OC(=O)NCc1ccc2nc(N[C@@H](CC(=O)O)C(=O)O)oc(=O)c2c1. The molecule has 1 heterocycles. The van der Waals surface area contributed by atoms with E-state index >= 15 is 0 Å². The van der Waals surface area contributed by atoms with Gasteiger partial charge in [0.2, 0.25) is 0 Å². The number of benzene rings is 1. The Kier molecular flexibility index (Phi) is 6.42. The van der Waals surface area contributed by atoms with Gasteiger partial charge < -0.3 is 30.0 Å². The van der Waals surface area contributed by atoms with E-state index in [2.05, 4.69) is 15.6 Å². The lowest BCUT2D eigenvalue weighted by atomic mass is 10.1. The van der Waals surface area contributed by atoms with Gasteiger partial charge in [0.05, 0.1) is 17.3 Å². The van der Waals surface area contributed by atoms with E-state index in [1.54, 1.807) is 26.8 Å². The molecular formula is C18H21N3O8. The summed E-state index contributed by atoms with van der Waals surface area (Å²) in [6.45, 7) is 5.30. The molecule has 4 N–H and O–H groups in total. The molecule has 11 heteroatoms. The molecule has 0 aliphatic heterocycles. The first-order chi connectivity index (χ1) is 13.4. The smallest absolute Gasteiger partial charge is 0.407 e. The van der Waals surface area contributed by atoms with Crippen LogP contribution in [0, 0.1) is 0 Å². The van der Waals surface area contributed by atoms with Crippen molar-refractivity contribution in [2.24, 2.45) is 0 Å². The fraction of sp³-hybridized carbons (Fsp3) is 0.389. The van der Waals surface area contributed by atoms with Crippen molar-refractivity contribution in [3.63, 3.8) is 0 Å². The predicted octanol–water partition coefficient (Wildman–Crippen LogP) is 1.55. The second kappa shape index (κ2) is 8.59. The van der Waals surface area contributed by atoms with Crippen molar-refractivity contribution in [2.45, 2.75) is 45.4 Å². The van der Waals surface area contributed by atoms with Crippen molar-refractivity contribution in [3.8, 4) is 0 Å². The van der Waals surface area contributed by atoms with Crippen LogP contribution in [0.25, 0.3) is 10.9 Å². The number of fused-ring (bicyclic) bond motifs is 1. The van der Waals surface area contributed by atoms with Crippen LogP contribution in [0.15, 0.2) is 27.4 Å². The molecule has 0 aliphatic carbocycles. The van der Waals surface area contributed by atoms with Crippen LogP contribution in [0.4, 0.5) is 10.8 Å². The lowest BCUT2D eigenvalue weighted by molar-refractivity contribution is -0.144. The van der Waals surface area contributed by atoms with Crippen molar-refractivity contribution >= 4 is 34.9 Å². The molecular weight excluding hydrogens is 386 g/mol. The number of amides is 1. The second-order valence-corrected chi connectivity index (χ2v) is 7.15. The van der Waals surface area contributed by atoms with Gasteiger partial charge >= 0.3 is 23.7 Å². The standard InChI is InChI=1S/C18H21N3O8/c1-18(2,3)29-17(27)19-8-9-4-5-11-10(6-9)15(26)28-16(20-11)21-12(14(24)25)7-13(22)23/h4-6,12H,7-8H2,1-3H3,(H,19,27)(H,20,21)(H,22,23)(H,24,25)/t12-/m0/s1. The first-order valence-corrected chi connectivity index (χ1v) is 8.56. The zero-order chi connectivity index (χ0) is 21.8. The minimum Gasteiger partial charge on any atom is -0.481 e. The molecule has 0 saturated heterocycles. The number of alkyl carbamates (subject to hydrolysis) is 1. The van der Waals surface area contributed by atoms with Gasteiger partial charge in [-0.2, -0.15) is 4.98 Å². The lowest BCUT2D eigenvalue weighted by Gasteiger charge is -2.19. The van der Waals surface area contributed by atoms with Crippen LogP contribution in [0.5, 0.6) is 0 Å². The summed E-state index contributed by atoms with van der Waals surface area (Å²) >= 11 is 0. The molecule has 1 amide bonds. The third-order valence-electron chi connectivity index (χ3n) is 3.50. The Morgan fingerprint density at radius 2 is 1.93 bits per heavy atom. The quantitative estimate of drug-likeness (QED) is 0.528. The van der Waals surface area contributed by atoms with Crippen molar-refractivity contribution in [1.82, 2.24) is 10.3 Å². The van der Waals surface area contributed by atoms with Gasteiger partial charge in [0.1, 0.15) is 11.6 Å². The van der Waals surface area contributed by atoms with Crippen molar-refractivity contribution in [2.75, 3.05) is 5.32 Å². The van der Waals surface area contributed by atoms with Gasteiger partial charge in [0, 0.05) is 6.54 Å². The summed E-state index contributed by atoms with van der Waals surface area (Å²) in [5.74, 6) is -2.77. The fourth-order valence-corrected chi connectivity index (χ4v) is 2.30. The van der Waals surface area contributed by atoms with Gasteiger partial charge in [-0.05, 0) is 38.5 Å². The molecule has 1 atom stereocenters. The Morgan fingerprint density at radius 3 is 2.52 bits per heavy atom. The van der Waals surface area contributed by atoms with Crippen LogP contribution in [0.3, 0.4) is 0 Å². The van der Waals surface area contributed by atoms with Gasteiger partial charge in [-0.1, -0.05) is 6.07 Å². The largest absolute Gasteiger partial charge is 0.481 e. The molecule has 0 bridgehead atoms. The number of nitrogens with zero attached hydrogens (tertiary/aromatic N) is 1. The monoisotopic (exact) mass is 407 g/mol. The van der Waals surface area contributed by atoms with E-state index in [1.807, 2.05) is 0 Å². The Morgan fingerprint density at radius 1 is 1.24 bits per heavy atom. The molecule has 156 valence electrons. The summed E-state index contributed by atoms with van der Waals surface area (Å²) < 4.78 is 10.1. The summed E-state index contributed by atoms with van der Waals surface area (Å²) in [6.07, 6.45) is -1.34. The van der Waals surface area contributed by atoms with Gasteiger partial charge in [-0.25, -0.2) is 14.4 Å². The number of hydrogen-bond acceptors (Lipinski definition) is 8. The van der Waals surface area contributed by atoms with E-state index in [9.17, 15) is 19.2 Å². The number of carboxylic acid groups (broad SMARTS) is 2. The number of rotatable bonds is 7. The zero-order valence-corrected chi connectivity index (χ0v) is 16.0. The first kappa shape index (κ1) is 21.7. The molecule has 0 fully saturated rings. The number of anilines is 1. The van der Waals surface area contributed by atoms with Gasteiger partial charge in [-0.15, -0.1) is 0 Å². The Labute approximate surface area is 164 Å². The maximum absolute atomic E-state index is 12.2. The Bertz CT molecular complexity index is 993. The molecule has 1 aromatic carbocycles. The highest BCUT2D eigenvalue weighted by atomic mass is 16.6. The van der Waals surface area contributed by atoms with E-state index in [1.165, 1.54) is 12.1 Å². The number of ether oxygens (including phenoxy) is 1. The number of carboxylic acids is 2. The van der Waals surface area contributed by atoms with E-state index in [4.69, 9.17) is 19.4 Å². The Balaban J connectivity index is 2.18. The number of carbonyl (C=O) groups is 3. The molecule has 0 unspecified atom stereocenters. The number of aliphatic carboxylic acids is 2. The molecule has 0 spiro atoms. The highest BCUT2D eigenvalue weighted by Crippen LogP contribution is 2.15. The second-order valence-electron chi connectivity index (χ2n) is 7.15. The minimum absolute atomic E-state index is 0.101. The molecule has 2 aromatic rings. The number of aromatic nitrogens is 1. The normalized spacial score (nSPS) is 12.2. The van der Waals surface area contributed by atoms with E-state index in [-0.39, 0.29) is 17.4 Å². The van der Waals surface area contributed by atoms with Gasteiger partial charge in [0.15, 0.2) is 0 Å². The fourth-order valence-electron chi connectivity index (χ4n) is 2.30. The summed E-state index contributed by atoms with van der Waals surface area (Å²) in [6, 6.07) is 2.66. The third kappa shape index (κ3) is 6.48. The average Bonchev–Trinajstić information content (AvgIpc) is 2.57. The molecule has 0 radical (unpaired) electrons. The van der Waals surface area contributed by atoms with E-state index in [0.717, 1.165) is 0 Å². The van der Waals surface area contributed by atoms with E-state index < -0.39 is 47.7 Å². The zero-order valence-electron chi connectivity index (χ0n) is 16.0. The van der Waals surface area contributed by atoms with Crippen LogP contribution in [-0.2, 0) is 20.9 Å². The van der Waals surface area contributed by atoms with Gasteiger partial charge in [0.25, 0.3) is 6.01 Å². The summed E-state index contributed by atoms with van der Waals surface area (Å²) in [5.41, 5.74) is -0.635. The van der Waals surface area contributed by atoms with Crippen molar-refractivity contribution in [3.05, 3.63) is 34.2 Å². The topological polar surface area (TPSA) is 168 Å². The van der Waals surface area contributed by atoms with Crippen molar-refractivity contribution < 1.29 is 33.8 Å². The number of hydrogen-bond donors (Lipinski definition) is 4. The first-order valence-electron chi connectivity index (χ1n) is 8.56. The van der Waals surface area contributed by atoms with E-state index in [0.29, 0.717) is 5.56 Å². The molecule has 1 aromatic heterocycles. The van der Waals surface area contributed by atoms with Crippen LogP contribution >= 0.6 is 0 Å². The highest BCUT2D eigenvalue weighted by molar-refractivity contribution is 5.83. The summed E-state index contributed by atoms with van der Waals surface area (Å²) in [4.78, 5) is 49.8. The third-order valence-corrected chi connectivity index (χ3v) is 3.50. The maximum atomic E-state index is 12.2. The highest BCUT2D eigenvalue weighted by Gasteiger charge is 2.23. The van der Waals surface area contributed by atoms with Gasteiger partial charge in [-0.3, -0.25) is 4.79 Å². The van der Waals surface area contributed by atoms with Crippen LogP contribution < -0.4 is 16.3 Å². The summed E-state index contributed by atoms with van der Waals surface area (Å²) in [5, 5.41) is 22.8. The Hall–Kier alpha value is -3.63. The predicted molar refractivity (Wildman–Crippen MR) is 101 cm³/mol. The molecule has 2 rings (SSSR count). The minimum atomic E-state index is -1.52.